The second-order valence-corrected chi connectivity index (χ2v) is 10.3. The van der Waals surface area contributed by atoms with Gasteiger partial charge in [0.15, 0.2) is 17.6 Å². The number of nitrogens with zero attached hydrogens (tertiary/aromatic N) is 1. The van der Waals surface area contributed by atoms with Crippen LogP contribution in [0.3, 0.4) is 0 Å². The van der Waals surface area contributed by atoms with Crippen LogP contribution in [0.1, 0.15) is 43.0 Å². The number of aryl methyl sites for hydroxylation is 2. The van der Waals surface area contributed by atoms with Crippen molar-refractivity contribution in [2.75, 3.05) is 4.90 Å². The van der Waals surface area contributed by atoms with Crippen LogP contribution in [0, 0.1) is 13.8 Å². The predicted octanol–water partition coefficient (Wildman–Crippen LogP) is 7.44. The van der Waals surface area contributed by atoms with E-state index in [1.807, 2.05) is 6.92 Å². The normalized spacial score (nSPS) is 22.5. The average Bonchev–Trinajstić information content (AvgIpc) is 3.67. The number of hydrogen-bond acceptors (Lipinski definition) is 4. The van der Waals surface area contributed by atoms with E-state index in [-0.39, 0.29) is 17.8 Å². The fourth-order valence-corrected chi connectivity index (χ4v) is 4.98. The van der Waals surface area contributed by atoms with Gasteiger partial charge in [0.2, 0.25) is 0 Å². The summed E-state index contributed by atoms with van der Waals surface area (Å²) < 4.78 is 18.1. The van der Waals surface area contributed by atoms with E-state index in [2.05, 4.69) is 93.3 Å². The van der Waals surface area contributed by atoms with Gasteiger partial charge in [-0.25, -0.2) is 0 Å². The minimum Gasteiger partial charge on any atom is -0.483 e. The fraction of sp³-hybridized carbons (Fsp3) is 0.333. The van der Waals surface area contributed by atoms with E-state index in [9.17, 15) is 0 Å². The smallest absolute Gasteiger partial charge is 0.159 e. The maximum absolute atomic E-state index is 6.37. The molecule has 3 aliphatic heterocycles. The SMILES string of the molecule is C/C=C1/OC1Cc1cc(CC2OC2(C)C)cc(N2c3ccc(C)cc3Oc3cc(C)ccc32)c1. The molecule has 4 nitrogen and oxygen atoms in total. The molecule has 0 spiro atoms. The lowest BCUT2D eigenvalue weighted by Crippen LogP contribution is -2.17. The number of epoxide rings is 2. The first-order chi connectivity index (χ1) is 16.3. The lowest BCUT2D eigenvalue weighted by Gasteiger charge is -2.33. The van der Waals surface area contributed by atoms with Crippen LogP contribution in [0.25, 0.3) is 0 Å². The van der Waals surface area contributed by atoms with E-state index < -0.39 is 0 Å². The fourth-order valence-electron chi connectivity index (χ4n) is 4.98. The molecule has 0 radical (unpaired) electrons. The molecule has 2 fully saturated rings. The van der Waals surface area contributed by atoms with Crippen molar-refractivity contribution in [1.82, 2.24) is 0 Å². The Kier molecular flexibility index (Phi) is 4.79. The summed E-state index contributed by atoms with van der Waals surface area (Å²) in [6, 6.07) is 19.8. The molecule has 3 aromatic rings. The van der Waals surface area contributed by atoms with Crippen LogP contribution >= 0.6 is 0 Å². The first kappa shape index (κ1) is 21.3. The highest BCUT2D eigenvalue weighted by Gasteiger charge is 2.47. The summed E-state index contributed by atoms with van der Waals surface area (Å²) in [6.45, 7) is 10.6. The minimum atomic E-state index is -0.0406. The predicted molar refractivity (Wildman–Crippen MR) is 136 cm³/mol. The molecule has 174 valence electrons. The molecular weight excluding hydrogens is 422 g/mol. The van der Waals surface area contributed by atoms with Crippen LogP contribution in [0.15, 0.2) is 66.4 Å². The molecule has 2 unspecified atom stereocenters. The van der Waals surface area contributed by atoms with Crippen molar-refractivity contribution < 1.29 is 14.2 Å². The van der Waals surface area contributed by atoms with Gasteiger partial charge >= 0.3 is 0 Å². The number of benzene rings is 3. The maximum Gasteiger partial charge on any atom is 0.159 e. The zero-order valence-corrected chi connectivity index (χ0v) is 20.5. The standard InChI is InChI=1S/C30H31NO3/c1-6-25-28(32-25)16-20-13-21(17-29-30(4,5)34-29)15-22(14-20)31-23-9-7-18(2)11-26(23)33-27-12-19(3)8-10-24(27)31/h6-15,28-29H,16-17H2,1-5H3/b25-6+. The van der Waals surface area contributed by atoms with Crippen molar-refractivity contribution in [1.29, 1.82) is 0 Å². The molecule has 2 saturated heterocycles. The molecule has 3 heterocycles. The van der Waals surface area contributed by atoms with Gasteiger partial charge in [0, 0.05) is 18.5 Å². The molecule has 6 rings (SSSR count). The Morgan fingerprint density at radius 2 is 1.44 bits per heavy atom. The Morgan fingerprint density at radius 3 is 1.97 bits per heavy atom. The molecule has 2 atom stereocenters. The molecule has 3 aliphatic rings. The van der Waals surface area contributed by atoms with Gasteiger partial charge in [-0.15, -0.1) is 0 Å². The zero-order valence-electron chi connectivity index (χ0n) is 20.5. The van der Waals surface area contributed by atoms with Crippen molar-refractivity contribution in [2.24, 2.45) is 0 Å². The molecule has 34 heavy (non-hydrogen) atoms. The number of hydrogen-bond donors (Lipinski definition) is 0. The molecule has 0 aromatic heterocycles. The third-order valence-corrected chi connectivity index (χ3v) is 7.06. The van der Waals surface area contributed by atoms with Gasteiger partial charge in [0.1, 0.15) is 5.76 Å². The highest BCUT2D eigenvalue weighted by molar-refractivity contribution is 5.86. The third-order valence-electron chi connectivity index (χ3n) is 7.06. The summed E-state index contributed by atoms with van der Waals surface area (Å²) in [4.78, 5) is 2.34. The van der Waals surface area contributed by atoms with Crippen LogP contribution in [-0.2, 0) is 22.3 Å². The molecule has 0 N–H and O–H groups in total. The van der Waals surface area contributed by atoms with Crippen molar-refractivity contribution in [3.63, 3.8) is 0 Å². The van der Waals surface area contributed by atoms with Gasteiger partial charge in [-0.1, -0.05) is 18.2 Å². The summed E-state index contributed by atoms with van der Waals surface area (Å²) in [5.74, 6) is 2.86. The molecule has 0 saturated carbocycles. The topological polar surface area (TPSA) is 37.5 Å². The Bertz CT molecular complexity index is 1270. The molecule has 0 aliphatic carbocycles. The van der Waals surface area contributed by atoms with Gasteiger partial charge < -0.3 is 19.1 Å². The van der Waals surface area contributed by atoms with Crippen LogP contribution in [0.2, 0.25) is 0 Å². The Labute approximate surface area is 201 Å². The highest BCUT2D eigenvalue weighted by Crippen LogP contribution is 2.51. The van der Waals surface area contributed by atoms with Crippen molar-refractivity contribution in [3.8, 4) is 11.5 Å². The van der Waals surface area contributed by atoms with E-state index in [1.165, 1.54) is 22.3 Å². The van der Waals surface area contributed by atoms with Crippen molar-refractivity contribution >= 4 is 17.1 Å². The summed E-state index contributed by atoms with van der Waals surface area (Å²) in [7, 11) is 0. The summed E-state index contributed by atoms with van der Waals surface area (Å²) in [6.07, 6.45) is 4.29. The monoisotopic (exact) mass is 453 g/mol. The van der Waals surface area contributed by atoms with Gasteiger partial charge in [-0.05, 0) is 99.3 Å². The lowest BCUT2D eigenvalue weighted by molar-refractivity contribution is 0.323. The Morgan fingerprint density at radius 1 is 0.853 bits per heavy atom. The van der Waals surface area contributed by atoms with E-state index in [0.29, 0.717) is 0 Å². The van der Waals surface area contributed by atoms with Gasteiger partial charge in [-0.2, -0.15) is 0 Å². The van der Waals surface area contributed by atoms with Crippen molar-refractivity contribution in [3.05, 3.63) is 88.7 Å². The maximum atomic E-state index is 6.37. The van der Waals surface area contributed by atoms with Crippen LogP contribution < -0.4 is 9.64 Å². The minimum absolute atomic E-state index is 0.0406. The lowest BCUT2D eigenvalue weighted by atomic mass is 9.97. The molecule has 3 aromatic carbocycles. The third kappa shape index (κ3) is 3.86. The number of ether oxygens (including phenoxy) is 3. The second kappa shape index (κ2) is 7.64. The van der Waals surface area contributed by atoms with Crippen LogP contribution in [-0.4, -0.2) is 17.8 Å². The second-order valence-electron chi connectivity index (χ2n) is 10.3. The van der Waals surface area contributed by atoms with E-state index >= 15 is 0 Å². The first-order valence-corrected chi connectivity index (χ1v) is 12.1. The quantitative estimate of drug-likeness (QED) is 0.294. The van der Waals surface area contributed by atoms with Gasteiger partial charge in [-0.3, -0.25) is 0 Å². The van der Waals surface area contributed by atoms with Gasteiger partial charge in [0.25, 0.3) is 0 Å². The first-order valence-electron chi connectivity index (χ1n) is 12.1. The van der Waals surface area contributed by atoms with Crippen LogP contribution in [0.5, 0.6) is 11.5 Å². The summed E-state index contributed by atoms with van der Waals surface area (Å²) in [5.41, 5.74) is 8.16. The zero-order chi connectivity index (χ0) is 23.6. The Balaban J connectivity index is 1.46. The number of fused-ring (bicyclic) bond motifs is 2. The molecule has 0 amide bonds. The molecule has 0 bridgehead atoms. The van der Waals surface area contributed by atoms with Gasteiger partial charge in [0.05, 0.1) is 23.1 Å². The summed E-state index contributed by atoms with van der Waals surface area (Å²) in [5, 5.41) is 0. The molecule has 4 heteroatoms. The average molecular weight is 454 g/mol. The summed E-state index contributed by atoms with van der Waals surface area (Å²) >= 11 is 0. The van der Waals surface area contributed by atoms with E-state index in [0.717, 1.165) is 47.2 Å². The Hall–Kier alpha value is -3.24. The molecular formula is C30H31NO3. The van der Waals surface area contributed by atoms with E-state index in [4.69, 9.17) is 14.2 Å². The number of rotatable bonds is 5. The van der Waals surface area contributed by atoms with E-state index in [1.54, 1.807) is 0 Å². The van der Waals surface area contributed by atoms with Crippen molar-refractivity contribution in [2.45, 2.75) is 65.3 Å². The largest absolute Gasteiger partial charge is 0.483 e. The van der Waals surface area contributed by atoms with Crippen LogP contribution in [0.4, 0.5) is 17.1 Å². The highest BCUT2D eigenvalue weighted by atomic mass is 16.6. The number of anilines is 3. The number of allylic oxidation sites excluding steroid dienone is 1.